The fourth-order valence-electron chi connectivity index (χ4n) is 2.65. The van der Waals surface area contributed by atoms with Gasteiger partial charge in [0, 0.05) is 16.2 Å². The van der Waals surface area contributed by atoms with Crippen LogP contribution in [0.15, 0.2) is 53.3 Å². The molecule has 2 heterocycles. The molecule has 0 saturated carbocycles. The van der Waals surface area contributed by atoms with Crippen molar-refractivity contribution in [2.45, 2.75) is 17.5 Å². The Morgan fingerprint density at radius 3 is 2.67 bits per heavy atom. The number of hydrogen-bond acceptors (Lipinski definition) is 6. The summed E-state index contributed by atoms with van der Waals surface area (Å²) in [5, 5.41) is 21.8. The standard InChI is InChI=1S/C14H11N3O3S/c15-9-21-14-13(17(18)19)12(10-6-7-20-8-10)16(14)11-4-2-1-3-5-11/h1-8,12-14H/t12-,13-,14+/m1/s1. The van der Waals surface area contributed by atoms with Crippen molar-refractivity contribution in [3.05, 3.63) is 64.6 Å². The van der Waals surface area contributed by atoms with Gasteiger partial charge in [0.1, 0.15) is 11.4 Å². The van der Waals surface area contributed by atoms with E-state index in [9.17, 15) is 10.1 Å². The van der Waals surface area contributed by atoms with Gasteiger partial charge in [-0.05, 0) is 30.0 Å². The van der Waals surface area contributed by atoms with Gasteiger partial charge in [-0.3, -0.25) is 10.1 Å². The number of thiocyanates is 1. The number of rotatable bonds is 4. The minimum absolute atomic E-state index is 0.313. The minimum atomic E-state index is -0.840. The first-order valence-electron chi connectivity index (χ1n) is 6.27. The lowest BCUT2D eigenvalue weighted by Crippen LogP contribution is -2.63. The van der Waals surface area contributed by atoms with E-state index >= 15 is 0 Å². The van der Waals surface area contributed by atoms with Crippen LogP contribution in [0.4, 0.5) is 5.69 Å². The lowest BCUT2D eigenvalue weighted by Gasteiger charge is -2.49. The molecule has 3 atom stereocenters. The molecule has 1 aliphatic rings. The molecule has 21 heavy (non-hydrogen) atoms. The lowest BCUT2D eigenvalue weighted by atomic mass is 9.90. The Hall–Kier alpha value is -2.46. The summed E-state index contributed by atoms with van der Waals surface area (Å²) in [7, 11) is 0. The molecule has 0 radical (unpaired) electrons. The van der Waals surface area contributed by atoms with Crippen molar-refractivity contribution in [1.29, 1.82) is 5.26 Å². The molecule has 7 heteroatoms. The first-order valence-corrected chi connectivity index (χ1v) is 7.15. The number of nitro groups is 1. The molecule has 1 aliphatic heterocycles. The molecule has 3 rings (SSSR count). The highest BCUT2D eigenvalue weighted by molar-refractivity contribution is 8.04. The summed E-state index contributed by atoms with van der Waals surface area (Å²) in [6, 6.07) is 9.85. The largest absolute Gasteiger partial charge is 0.472 e. The van der Waals surface area contributed by atoms with Crippen LogP contribution in [0, 0.1) is 20.8 Å². The molecule has 0 bridgehead atoms. The molecule has 2 aromatic rings. The van der Waals surface area contributed by atoms with E-state index in [2.05, 4.69) is 0 Å². The first-order chi connectivity index (χ1) is 10.2. The maximum absolute atomic E-state index is 11.4. The van der Waals surface area contributed by atoms with Crippen LogP contribution in [0.5, 0.6) is 0 Å². The minimum Gasteiger partial charge on any atom is -0.472 e. The molecule has 6 nitrogen and oxygen atoms in total. The van der Waals surface area contributed by atoms with Gasteiger partial charge in [-0.2, -0.15) is 5.26 Å². The van der Waals surface area contributed by atoms with E-state index < -0.39 is 17.5 Å². The quantitative estimate of drug-likeness (QED) is 0.490. The third kappa shape index (κ3) is 2.23. The Balaban J connectivity index is 2.01. The smallest absolute Gasteiger partial charge is 0.267 e. The maximum atomic E-state index is 11.4. The van der Waals surface area contributed by atoms with Gasteiger partial charge in [0.2, 0.25) is 0 Å². The summed E-state index contributed by atoms with van der Waals surface area (Å²) < 4.78 is 5.06. The second-order valence-electron chi connectivity index (χ2n) is 4.62. The zero-order valence-electron chi connectivity index (χ0n) is 10.8. The number of benzene rings is 1. The van der Waals surface area contributed by atoms with Crippen LogP contribution in [0.2, 0.25) is 0 Å². The predicted octanol–water partition coefficient (Wildman–Crippen LogP) is 3.03. The van der Waals surface area contributed by atoms with Crippen LogP contribution in [0.1, 0.15) is 11.6 Å². The Kier molecular flexibility index (Phi) is 3.54. The fourth-order valence-corrected chi connectivity index (χ4v) is 3.51. The van der Waals surface area contributed by atoms with E-state index in [1.807, 2.05) is 40.6 Å². The number of anilines is 1. The predicted molar refractivity (Wildman–Crippen MR) is 78.1 cm³/mol. The Morgan fingerprint density at radius 2 is 2.10 bits per heavy atom. The van der Waals surface area contributed by atoms with E-state index in [1.54, 1.807) is 6.07 Å². The second kappa shape index (κ2) is 5.50. The topological polar surface area (TPSA) is 83.3 Å². The van der Waals surface area contributed by atoms with E-state index in [0.29, 0.717) is 0 Å². The number of furan rings is 1. The molecule has 1 aromatic carbocycles. The molecule has 0 aliphatic carbocycles. The van der Waals surface area contributed by atoms with Gasteiger partial charge in [-0.1, -0.05) is 18.2 Å². The summed E-state index contributed by atoms with van der Waals surface area (Å²) in [5.41, 5.74) is 1.60. The summed E-state index contributed by atoms with van der Waals surface area (Å²) in [6.45, 7) is 0. The highest BCUT2D eigenvalue weighted by Gasteiger charge is 2.58. The molecular formula is C14H11N3O3S. The number of hydrogen-bond donors (Lipinski definition) is 0. The average molecular weight is 301 g/mol. The van der Waals surface area contributed by atoms with Crippen molar-refractivity contribution >= 4 is 17.4 Å². The monoisotopic (exact) mass is 301 g/mol. The van der Waals surface area contributed by atoms with Crippen molar-refractivity contribution in [1.82, 2.24) is 0 Å². The van der Waals surface area contributed by atoms with Gasteiger partial charge in [0.05, 0.1) is 12.5 Å². The summed E-state index contributed by atoms with van der Waals surface area (Å²) >= 11 is 0.918. The van der Waals surface area contributed by atoms with Gasteiger partial charge in [0.15, 0.2) is 5.37 Å². The normalized spacial score (nSPS) is 24.1. The molecular weight excluding hydrogens is 290 g/mol. The molecule has 1 aromatic heterocycles. The van der Waals surface area contributed by atoms with Crippen LogP contribution >= 0.6 is 11.8 Å². The average Bonchev–Trinajstić information content (AvgIpc) is 2.97. The van der Waals surface area contributed by atoms with Gasteiger partial charge in [-0.15, -0.1) is 0 Å². The molecule has 1 saturated heterocycles. The van der Waals surface area contributed by atoms with Gasteiger partial charge in [-0.25, -0.2) is 0 Å². The SMILES string of the molecule is N#CS[C@H]1[C@H]([N+](=O)[O-])[C@@H](c2ccoc2)N1c1ccccc1. The molecule has 106 valence electrons. The zero-order chi connectivity index (χ0) is 14.8. The lowest BCUT2D eigenvalue weighted by molar-refractivity contribution is -0.537. The number of nitriles is 1. The van der Waals surface area contributed by atoms with Crippen LogP contribution in [0.3, 0.4) is 0 Å². The van der Waals surface area contributed by atoms with Crippen molar-refractivity contribution in [3.8, 4) is 5.40 Å². The fraction of sp³-hybridized carbons (Fsp3) is 0.214. The maximum Gasteiger partial charge on any atom is 0.267 e. The zero-order valence-corrected chi connectivity index (χ0v) is 11.6. The summed E-state index contributed by atoms with van der Waals surface area (Å²) in [4.78, 5) is 13.0. The number of para-hydroxylation sites is 1. The van der Waals surface area contributed by atoms with Gasteiger partial charge in [0.25, 0.3) is 6.04 Å². The van der Waals surface area contributed by atoms with Crippen LogP contribution in [0.25, 0.3) is 0 Å². The molecule has 0 amide bonds. The number of thioether (sulfide) groups is 1. The van der Waals surface area contributed by atoms with Crippen molar-refractivity contribution in [3.63, 3.8) is 0 Å². The second-order valence-corrected chi connectivity index (χ2v) is 5.52. The van der Waals surface area contributed by atoms with Gasteiger partial charge < -0.3 is 9.32 Å². The van der Waals surface area contributed by atoms with Crippen LogP contribution < -0.4 is 4.90 Å². The Labute approximate surface area is 125 Å². The van der Waals surface area contributed by atoms with Crippen molar-refractivity contribution < 1.29 is 9.34 Å². The summed E-state index contributed by atoms with van der Waals surface area (Å²) in [5.74, 6) is 0. The molecule has 0 unspecified atom stereocenters. The Morgan fingerprint density at radius 1 is 1.33 bits per heavy atom. The van der Waals surface area contributed by atoms with Crippen LogP contribution in [-0.4, -0.2) is 16.3 Å². The van der Waals surface area contributed by atoms with Crippen molar-refractivity contribution in [2.75, 3.05) is 4.90 Å². The highest BCUT2D eigenvalue weighted by atomic mass is 32.2. The van der Waals surface area contributed by atoms with E-state index in [1.165, 1.54) is 12.5 Å². The van der Waals surface area contributed by atoms with Crippen LogP contribution in [-0.2, 0) is 0 Å². The van der Waals surface area contributed by atoms with E-state index in [-0.39, 0.29) is 4.92 Å². The first kappa shape index (κ1) is 13.5. The molecule has 0 N–H and O–H groups in total. The van der Waals surface area contributed by atoms with E-state index in [4.69, 9.17) is 9.68 Å². The molecule has 1 fully saturated rings. The third-order valence-electron chi connectivity index (χ3n) is 3.55. The summed E-state index contributed by atoms with van der Waals surface area (Å²) in [6.07, 6.45) is 3.02. The number of nitrogens with zero attached hydrogens (tertiary/aromatic N) is 3. The van der Waals surface area contributed by atoms with Crippen molar-refractivity contribution in [2.24, 2.45) is 0 Å². The highest BCUT2D eigenvalue weighted by Crippen LogP contribution is 2.48. The molecule has 0 spiro atoms. The Bertz CT molecular complexity index is 669. The third-order valence-corrected chi connectivity index (χ3v) is 4.40. The van der Waals surface area contributed by atoms with Gasteiger partial charge >= 0.3 is 0 Å². The van der Waals surface area contributed by atoms with E-state index in [0.717, 1.165) is 23.0 Å².